The predicted molar refractivity (Wildman–Crippen MR) is 87.8 cm³/mol. The second-order valence-electron chi connectivity index (χ2n) is 5.24. The molecule has 2 aromatic rings. The van der Waals surface area contributed by atoms with Crippen molar-refractivity contribution in [3.63, 3.8) is 0 Å². The first-order chi connectivity index (χ1) is 9.99. The summed E-state index contributed by atoms with van der Waals surface area (Å²) in [5, 5.41) is 0.732. The fraction of sp³-hybridized carbons (Fsp3) is 0.294. The van der Waals surface area contributed by atoms with Crippen molar-refractivity contribution < 1.29 is 4.74 Å². The number of nitrogens with one attached hydrogen (secondary N) is 1. The molecule has 3 N–H and O–H groups in total. The van der Waals surface area contributed by atoms with Crippen molar-refractivity contribution in [2.24, 2.45) is 5.84 Å². The van der Waals surface area contributed by atoms with Crippen LogP contribution < -0.4 is 16.0 Å². The fourth-order valence-corrected chi connectivity index (χ4v) is 2.65. The molecule has 0 aliphatic heterocycles. The van der Waals surface area contributed by atoms with Crippen LogP contribution in [-0.2, 0) is 0 Å². The third kappa shape index (κ3) is 3.05. The number of halogens is 1. The third-order valence-electron chi connectivity index (χ3n) is 3.92. The zero-order valence-electron chi connectivity index (χ0n) is 12.8. The molecule has 0 radical (unpaired) electrons. The van der Waals surface area contributed by atoms with E-state index in [1.54, 1.807) is 7.11 Å². The van der Waals surface area contributed by atoms with Gasteiger partial charge in [0.05, 0.1) is 13.2 Å². The van der Waals surface area contributed by atoms with Crippen LogP contribution in [0.2, 0.25) is 5.02 Å². The van der Waals surface area contributed by atoms with E-state index in [1.165, 1.54) is 5.56 Å². The van der Waals surface area contributed by atoms with Gasteiger partial charge in [-0.15, -0.1) is 0 Å². The maximum Gasteiger partial charge on any atom is 0.127 e. The predicted octanol–water partition coefficient (Wildman–Crippen LogP) is 3.83. The van der Waals surface area contributed by atoms with E-state index in [0.29, 0.717) is 0 Å². The van der Waals surface area contributed by atoms with Crippen LogP contribution in [0.5, 0.6) is 5.75 Å². The van der Waals surface area contributed by atoms with E-state index in [1.807, 2.05) is 38.1 Å². The number of benzene rings is 2. The highest BCUT2D eigenvalue weighted by Crippen LogP contribution is 2.34. The van der Waals surface area contributed by atoms with Crippen molar-refractivity contribution in [2.75, 3.05) is 7.11 Å². The lowest BCUT2D eigenvalue weighted by atomic mass is 9.94. The van der Waals surface area contributed by atoms with Gasteiger partial charge in [-0.2, -0.15) is 0 Å². The van der Waals surface area contributed by atoms with Crippen molar-refractivity contribution in [3.05, 3.63) is 63.2 Å². The molecule has 0 aliphatic carbocycles. The number of hydrogen-bond acceptors (Lipinski definition) is 3. The van der Waals surface area contributed by atoms with Crippen molar-refractivity contribution in [2.45, 2.75) is 26.8 Å². The lowest BCUT2D eigenvalue weighted by Crippen LogP contribution is -2.29. The van der Waals surface area contributed by atoms with E-state index in [0.717, 1.165) is 33.0 Å². The van der Waals surface area contributed by atoms with Crippen molar-refractivity contribution in [1.29, 1.82) is 0 Å². The van der Waals surface area contributed by atoms with Crippen molar-refractivity contribution in [1.82, 2.24) is 5.43 Å². The minimum absolute atomic E-state index is 0.169. The first kappa shape index (κ1) is 15.8. The molecule has 1 unspecified atom stereocenters. The Hall–Kier alpha value is -1.55. The Morgan fingerprint density at radius 2 is 1.76 bits per heavy atom. The van der Waals surface area contributed by atoms with Crippen LogP contribution in [0.15, 0.2) is 30.3 Å². The van der Waals surface area contributed by atoms with Crippen LogP contribution >= 0.6 is 11.6 Å². The van der Waals surface area contributed by atoms with Gasteiger partial charge in [-0.25, -0.2) is 5.43 Å². The molecule has 2 rings (SSSR count). The van der Waals surface area contributed by atoms with Crippen LogP contribution in [0, 0.1) is 20.8 Å². The largest absolute Gasteiger partial charge is 0.496 e. The zero-order valence-corrected chi connectivity index (χ0v) is 13.6. The number of nitrogens with two attached hydrogens (primary N) is 1. The number of ether oxygens (including phenoxy) is 1. The van der Waals surface area contributed by atoms with E-state index in [4.69, 9.17) is 22.2 Å². The summed E-state index contributed by atoms with van der Waals surface area (Å²) in [6.07, 6.45) is 0. The van der Waals surface area contributed by atoms with Crippen LogP contribution in [-0.4, -0.2) is 7.11 Å². The molecule has 0 aromatic heterocycles. The van der Waals surface area contributed by atoms with E-state index < -0.39 is 0 Å². The zero-order chi connectivity index (χ0) is 15.6. The molecule has 0 fully saturated rings. The van der Waals surface area contributed by atoms with Crippen LogP contribution in [0.4, 0.5) is 0 Å². The molecule has 0 heterocycles. The summed E-state index contributed by atoms with van der Waals surface area (Å²) in [6.45, 7) is 6.09. The van der Waals surface area contributed by atoms with Gasteiger partial charge in [-0.1, -0.05) is 35.9 Å². The number of hydrogen-bond donors (Lipinski definition) is 2. The molecule has 4 heteroatoms. The summed E-state index contributed by atoms with van der Waals surface area (Å²) in [5.74, 6) is 6.64. The van der Waals surface area contributed by atoms with Gasteiger partial charge in [0, 0.05) is 10.6 Å². The van der Waals surface area contributed by atoms with Gasteiger partial charge in [0.1, 0.15) is 5.75 Å². The van der Waals surface area contributed by atoms with Gasteiger partial charge < -0.3 is 4.74 Å². The van der Waals surface area contributed by atoms with E-state index in [-0.39, 0.29) is 6.04 Å². The molecule has 112 valence electrons. The monoisotopic (exact) mass is 304 g/mol. The maximum atomic E-state index is 6.23. The van der Waals surface area contributed by atoms with Crippen LogP contribution in [0.3, 0.4) is 0 Å². The molecule has 0 spiro atoms. The number of rotatable bonds is 4. The summed E-state index contributed by atoms with van der Waals surface area (Å²) in [5.41, 5.74) is 8.23. The van der Waals surface area contributed by atoms with Gasteiger partial charge in [-0.05, 0) is 49.1 Å². The summed E-state index contributed by atoms with van der Waals surface area (Å²) >= 11 is 6.23. The molecule has 0 saturated carbocycles. The Kier molecular flexibility index (Phi) is 4.88. The summed E-state index contributed by atoms with van der Waals surface area (Å²) in [7, 11) is 1.68. The highest BCUT2D eigenvalue weighted by atomic mass is 35.5. The quantitative estimate of drug-likeness (QED) is 0.666. The fourth-order valence-electron chi connectivity index (χ4n) is 2.46. The van der Waals surface area contributed by atoms with E-state index in [9.17, 15) is 0 Å². The molecule has 0 bridgehead atoms. The van der Waals surface area contributed by atoms with Gasteiger partial charge in [0.25, 0.3) is 0 Å². The summed E-state index contributed by atoms with van der Waals surface area (Å²) in [4.78, 5) is 0. The molecule has 1 atom stereocenters. The average Bonchev–Trinajstić information content (AvgIpc) is 2.47. The molecule has 21 heavy (non-hydrogen) atoms. The Morgan fingerprint density at radius 1 is 1.10 bits per heavy atom. The topological polar surface area (TPSA) is 47.3 Å². The molecule has 0 aliphatic rings. The third-order valence-corrected chi connectivity index (χ3v) is 4.33. The Labute approximate surface area is 131 Å². The number of aryl methyl sites for hydroxylation is 2. The van der Waals surface area contributed by atoms with Crippen molar-refractivity contribution in [3.8, 4) is 5.75 Å². The number of hydrazine groups is 1. The lowest BCUT2D eigenvalue weighted by molar-refractivity contribution is 0.400. The Bertz CT molecular complexity index is 655. The second kappa shape index (κ2) is 6.48. The first-order valence-electron chi connectivity index (χ1n) is 6.85. The minimum atomic E-state index is -0.169. The SMILES string of the molecule is COc1c(C(NN)c2ccc(C)c(Cl)c2)ccc(C)c1C. The van der Waals surface area contributed by atoms with Gasteiger partial charge in [0.2, 0.25) is 0 Å². The van der Waals surface area contributed by atoms with Gasteiger partial charge >= 0.3 is 0 Å². The van der Waals surface area contributed by atoms with E-state index in [2.05, 4.69) is 18.4 Å². The smallest absolute Gasteiger partial charge is 0.127 e. The molecule has 3 nitrogen and oxygen atoms in total. The highest BCUT2D eigenvalue weighted by molar-refractivity contribution is 6.31. The lowest BCUT2D eigenvalue weighted by Gasteiger charge is -2.22. The van der Waals surface area contributed by atoms with Gasteiger partial charge in [0.15, 0.2) is 0 Å². The molecular weight excluding hydrogens is 284 g/mol. The maximum absolute atomic E-state index is 6.23. The summed E-state index contributed by atoms with van der Waals surface area (Å²) in [6, 6.07) is 9.91. The van der Waals surface area contributed by atoms with Crippen molar-refractivity contribution >= 4 is 11.6 Å². The minimum Gasteiger partial charge on any atom is -0.496 e. The first-order valence-corrected chi connectivity index (χ1v) is 7.23. The molecule has 2 aromatic carbocycles. The van der Waals surface area contributed by atoms with Gasteiger partial charge in [-0.3, -0.25) is 5.84 Å². The summed E-state index contributed by atoms with van der Waals surface area (Å²) < 4.78 is 5.59. The second-order valence-corrected chi connectivity index (χ2v) is 5.65. The Balaban J connectivity index is 2.56. The van der Waals surface area contributed by atoms with Crippen LogP contribution in [0.1, 0.15) is 33.9 Å². The Morgan fingerprint density at radius 3 is 2.33 bits per heavy atom. The molecular formula is C17H21ClN2O. The molecule has 0 saturated heterocycles. The number of methoxy groups -OCH3 is 1. The normalized spacial score (nSPS) is 12.3. The standard InChI is InChI=1S/C17H21ClN2O/c1-10-6-8-14(17(21-4)12(10)3)16(20-19)13-7-5-11(2)15(18)9-13/h5-9,16,20H,19H2,1-4H3. The molecule has 0 amide bonds. The highest BCUT2D eigenvalue weighted by Gasteiger charge is 2.19. The average molecular weight is 305 g/mol. The van der Waals surface area contributed by atoms with Crippen LogP contribution in [0.25, 0.3) is 0 Å². The van der Waals surface area contributed by atoms with E-state index >= 15 is 0 Å².